The van der Waals surface area contributed by atoms with Gasteiger partial charge in [0.2, 0.25) is 0 Å². The number of rotatable bonds is 5. The van der Waals surface area contributed by atoms with Crippen LogP contribution in [0.1, 0.15) is 6.42 Å². The molecule has 92 valence electrons. The lowest BCUT2D eigenvalue weighted by atomic mass is 10.2. The smallest absolute Gasteiger partial charge is 0.128 e. The Bertz CT molecular complexity index is 488. The highest BCUT2D eigenvalue weighted by Crippen LogP contribution is 2.26. The summed E-state index contributed by atoms with van der Waals surface area (Å²) in [5, 5.41) is 1.19. The second-order valence-corrected chi connectivity index (χ2v) is 4.56. The highest BCUT2D eigenvalue weighted by molar-refractivity contribution is 5.86. The van der Waals surface area contributed by atoms with Crippen LogP contribution in [0.4, 0.5) is 0 Å². The first-order valence-electron chi connectivity index (χ1n) is 5.99. The molecule has 0 radical (unpaired) electrons. The van der Waals surface area contributed by atoms with E-state index in [0.717, 1.165) is 25.3 Å². The third-order valence-corrected chi connectivity index (χ3v) is 3.00. The minimum absolute atomic E-state index is 0.953. The first kappa shape index (κ1) is 12.0. The normalized spacial score (nSPS) is 11.3. The fraction of sp³-hybridized carbons (Fsp3) is 0.429. The molecule has 0 fully saturated rings. The van der Waals surface area contributed by atoms with Crippen molar-refractivity contribution in [2.45, 2.75) is 13.0 Å². The van der Waals surface area contributed by atoms with Crippen molar-refractivity contribution in [2.75, 3.05) is 27.7 Å². The molecule has 0 bridgehead atoms. The summed E-state index contributed by atoms with van der Waals surface area (Å²) in [7, 11) is 5.94. The number of hydrogen-bond acceptors (Lipinski definition) is 2. The van der Waals surface area contributed by atoms with Crippen LogP contribution >= 0.6 is 0 Å². The lowest BCUT2D eigenvalue weighted by Crippen LogP contribution is -2.14. The predicted octanol–water partition coefficient (Wildman–Crippen LogP) is 2.60. The van der Waals surface area contributed by atoms with Gasteiger partial charge in [0.1, 0.15) is 5.75 Å². The minimum Gasteiger partial charge on any atom is -0.496 e. The summed E-state index contributed by atoms with van der Waals surface area (Å²) >= 11 is 0. The quantitative estimate of drug-likeness (QED) is 0.788. The summed E-state index contributed by atoms with van der Waals surface area (Å²) in [6, 6.07) is 8.33. The van der Waals surface area contributed by atoms with Gasteiger partial charge >= 0.3 is 0 Å². The van der Waals surface area contributed by atoms with Gasteiger partial charge in [0, 0.05) is 18.1 Å². The molecule has 0 spiro atoms. The molecule has 1 aromatic carbocycles. The van der Waals surface area contributed by atoms with Crippen molar-refractivity contribution >= 4 is 10.9 Å². The molecule has 0 aliphatic rings. The summed E-state index contributed by atoms with van der Waals surface area (Å²) in [5.41, 5.74) is 1.25. The number of nitrogens with zero attached hydrogens (tertiary/aromatic N) is 2. The standard InChI is InChI=1S/C14H20N2O/c1-15(2)9-5-10-16-11-8-12-13(16)6-4-7-14(12)17-3/h4,6-8,11H,5,9-10H2,1-3H3. The number of hydrogen-bond donors (Lipinski definition) is 0. The Morgan fingerprint density at radius 2 is 2.06 bits per heavy atom. The zero-order valence-electron chi connectivity index (χ0n) is 10.8. The van der Waals surface area contributed by atoms with E-state index in [0.29, 0.717) is 0 Å². The molecule has 17 heavy (non-hydrogen) atoms. The van der Waals surface area contributed by atoms with E-state index >= 15 is 0 Å². The zero-order valence-corrected chi connectivity index (χ0v) is 10.8. The molecule has 1 heterocycles. The number of ether oxygens (including phenoxy) is 1. The van der Waals surface area contributed by atoms with E-state index < -0.39 is 0 Å². The van der Waals surface area contributed by atoms with Crippen LogP contribution in [0.25, 0.3) is 10.9 Å². The van der Waals surface area contributed by atoms with Crippen molar-refractivity contribution in [3.05, 3.63) is 30.5 Å². The Hall–Kier alpha value is -1.48. The molecule has 2 rings (SSSR count). The molecule has 0 aliphatic heterocycles. The van der Waals surface area contributed by atoms with Gasteiger partial charge in [-0.25, -0.2) is 0 Å². The molecular formula is C14H20N2O. The van der Waals surface area contributed by atoms with Crippen molar-refractivity contribution in [2.24, 2.45) is 0 Å². The number of fused-ring (bicyclic) bond motifs is 1. The molecule has 0 N–H and O–H groups in total. The van der Waals surface area contributed by atoms with Crippen LogP contribution in [0.5, 0.6) is 5.75 Å². The largest absolute Gasteiger partial charge is 0.496 e. The average molecular weight is 232 g/mol. The van der Waals surface area contributed by atoms with Gasteiger partial charge in [0.15, 0.2) is 0 Å². The topological polar surface area (TPSA) is 17.4 Å². The highest BCUT2D eigenvalue weighted by Gasteiger charge is 2.05. The van der Waals surface area contributed by atoms with Crippen LogP contribution in [0.2, 0.25) is 0 Å². The Morgan fingerprint density at radius 3 is 2.76 bits per heavy atom. The van der Waals surface area contributed by atoms with Gasteiger partial charge in [0.25, 0.3) is 0 Å². The average Bonchev–Trinajstić information content (AvgIpc) is 2.72. The molecule has 2 aromatic rings. The number of methoxy groups -OCH3 is 1. The molecular weight excluding hydrogens is 212 g/mol. The summed E-state index contributed by atoms with van der Waals surface area (Å²) in [6.07, 6.45) is 3.30. The van der Waals surface area contributed by atoms with E-state index in [2.05, 4.69) is 41.9 Å². The third-order valence-electron chi connectivity index (χ3n) is 3.00. The van der Waals surface area contributed by atoms with Gasteiger partial charge in [-0.2, -0.15) is 0 Å². The van der Waals surface area contributed by atoms with Crippen molar-refractivity contribution in [1.29, 1.82) is 0 Å². The Labute approximate surface area is 103 Å². The van der Waals surface area contributed by atoms with Crippen LogP contribution in [-0.2, 0) is 6.54 Å². The van der Waals surface area contributed by atoms with Gasteiger partial charge in [0.05, 0.1) is 12.6 Å². The molecule has 3 nitrogen and oxygen atoms in total. The van der Waals surface area contributed by atoms with E-state index in [1.165, 1.54) is 10.9 Å². The van der Waals surface area contributed by atoms with Crippen LogP contribution in [0, 0.1) is 0 Å². The molecule has 0 saturated heterocycles. The van der Waals surface area contributed by atoms with Gasteiger partial charge in [-0.05, 0) is 45.3 Å². The Kier molecular flexibility index (Phi) is 3.69. The maximum Gasteiger partial charge on any atom is 0.128 e. The van der Waals surface area contributed by atoms with E-state index in [-0.39, 0.29) is 0 Å². The molecule has 0 amide bonds. The lowest BCUT2D eigenvalue weighted by Gasteiger charge is -2.10. The molecule has 0 unspecified atom stereocenters. The predicted molar refractivity (Wildman–Crippen MR) is 71.7 cm³/mol. The summed E-state index contributed by atoms with van der Waals surface area (Å²) < 4.78 is 7.65. The maximum absolute atomic E-state index is 5.36. The van der Waals surface area contributed by atoms with Crippen LogP contribution in [0.3, 0.4) is 0 Å². The van der Waals surface area contributed by atoms with Crippen LogP contribution in [-0.4, -0.2) is 37.2 Å². The highest BCUT2D eigenvalue weighted by atomic mass is 16.5. The second-order valence-electron chi connectivity index (χ2n) is 4.56. The number of aryl methyl sites for hydroxylation is 1. The zero-order chi connectivity index (χ0) is 12.3. The van der Waals surface area contributed by atoms with Crippen molar-refractivity contribution < 1.29 is 4.74 Å². The van der Waals surface area contributed by atoms with Gasteiger partial charge in [-0.3, -0.25) is 0 Å². The molecule has 0 saturated carbocycles. The van der Waals surface area contributed by atoms with Crippen LogP contribution in [0.15, 0.2) is 30.5 Å². The maximum atomic E-state index is 5.36. The molecule has 0 aliphatic carbocycles. The van der Waals surface area contributed by atoms with Crippen molar-refractivity contribution in [3.63, 3.8) is 0 Å². The van der Waals surface area contributed by atoms with E-state index in [1.54, 1.807) is 7.11 Å². The first-order chi connectivity index (χ1) is 8.22. The molecule has 1 aromatic heterocycles. The third kappa shape index (κ3) is 2.61. The fourth-order valence-corrected chi connectivity index (χ4v) is 2.13. The monoisotopic (exact) mass is 232 g/mol. The second kappa shape index (κ2) is 5.23. The van der Waals surface area contributed by atoms with Gasteiger partial charge in [-0.1, -0.05) is 6.07 Å². The SMILES string of the molecule is COc1cccc2c1ccn2CCCN(C)C. The fourth-order valence-electron chi connectivity index (χ4n) is 2.13. The molecule has 3 heteroatoms. The van der Waals surface area contributed by atoms with E-state index in [1.807, 2.05) is 12.1 Å². The summed E-state index contributed by atoms with van der Waals surface area (Å²) in [4.78, 5) is 2.21. The van der Waals surface area contributed by atoms with E-state index in [4.69, 9.17) is 4.74 Å². The van der Waals surface area contributed by atoms with Crippen molar-refractivity contribution in [3.8, 4) is 5.75 Å². The number of benzene rings is 1. The Morgan fingerprint density at radius 1 is 1.24 bits per heavy atom. The first-order valence-corrected chi connectivity index (χ1v) is 5.99. The molecule has 0 atom stereocenters. The minimum atomic E-state index is 0.953. The van der Waals surface area contributed by atoms with E-state index in [9.17, 15) is 0 Å². The Balaban J connectivity index is 2.18. The van der Waals surface area contributed by atoms with Crippen molar-refractivity contribution in [1.82, 2.24) is 9.47 Å². The van der Waals surface area contributed by atoms with Gasteiger partial charge < -0.3 is 14.2 Å². The van der Waals surface area contributed by atoms with Gasteiger partial charge in [-0.15, -0.1) is 0 Å². The summed E-state index contributed by atoms with van der Waals surface area (Å²) in [6.45, 7) is 2.17. The number of aromatic nitrogens is 1. The lowest BCUT2D eigenvalue weighted by molar-refractivity contribution is 0.388. The summed E-state index contributed by atoms with van der Waals surface area (Å²) in [5.74, 6) is 0.953. The van der Waals surface area contributed by atoms with Crippen LogP contribution < -0.4 is 4.74 Å².